The van der Waals surface area contributed by atoms with E-state index < -0.39 is 10.0 Å². The summed E-state index contributed by atoms with van der Waals surface area (Å²) in [5, 5.41) is 0. The molecule has 2 heterocycles. The number of amides is 1. The summed E-state index contributed by atoms with van der Waals surface area (Å²) in [6.45, 7) is 2.04. The van der Waals surface area contributed by atoms with Crippen LogP contribution in [0.15, 0.2) is 84.0 Å². The van der Waals surface area contributed by atoms with E-state index in [1.54, 1.807) is 47.4 Å². The molecule has 1 aromatic heterocycles. The summed E-state index contributed by atoms with van der Waals surface area (Å²) in [6.07, 6.45) is 6.70. The molecule has 0 aliphatic carbocycles. The minimum Gasteiger partial charge on any atom is -0.487 e. The molecule has 1 fully saturated rings. The Balaban J connectivity index is 1.55. The van der Waals surface area contributed by atoms with E-state index in [0.29, 0.717) is 43.4 Å². The lowest BCUT2D eigenvalue weighted by atomic mass is 10.1. The van der Waals surface area contributed by atoms with Crippen LogP contribution in [0.1, 0.15) is 19.3 Å². The number of ether oxygens (including phenoxy) is 1. The van der Waals surface area contributed by atoms with Crippen molar-refractivity contribution in [3.63, 3.8) is 0 Å². The van der Waals surface area contributed by atoms with Crippen LogP contribution in [-0.2, 0) is 21.4 Å². The SMILES string of the molecule is Nc1cc[n+](CCOc2cccc(N(CC(=O)N3CCCCC3)S(=O)(=O)c3ccccc3)c2)cc1. The van der Waals surface area contributed by atoms with Gasteiger partial charge in [-0.15, -0.1) is 0 Å². The number of aromatic nitrogens is 1. The van der Waals surface area contributed by atoms with Gasteiger partial charge in [0.25, 0.3) is 10.0 Å². The molecule has 3 aromatic rings. The third kappa shape index (κ3) is 6.30. The number of rotatable bonds is 9. The Hall–Kier alpha value is -3.59. The van der Waals surface area contributed by atoms with E-state index >= 15 is 0 Å². The van der Waals surface area contributed by atoms with Gasteiger partial charge in [-0.25, -0.2) is 13.0 Å². The van der Waals surface area contributed by atoms with E-state index in [4.69, 9.17) is 10.5 Å². The number of benzene rings is 2. The Morgan fingerprint density at radius 3 is 2.40 bits per heavy atom. The van der Waals surface area contributed by atoms with Crippen molar-refractivity contribution < 1.29 is 22.5 Å². The number of hydrogen-bond donors (Lipinski definition) is 1. The number of pyridine rings is 1. The fourth-order valence-corrected chi connectivity index (χ4v) is 5.44. The van der Waals surface area contributed by atoms with Gasteiger partial charge in [0.15, 0.2) is 18.9 Å². The summed E-state index contributed by atoms with van der Waals surface area (Å²) in [5.41, 5.74) is 6.80. The molecule has 0 atom stereocenters. The van der Waals surface area contributed by atoms with Gasteiger partial charge in [0.1, 0.15) is 18.9 Å². The molecule has 1 aliphatic heterocycles. The average molecular weight is 496 g/mol. The molecule has 35 heavy (non-hydrogen) atoms. The first-order chi connectivity index (χ1) is 16.9. The third-order valence-electron chi connectivity index (χ3n) is 5.96. The van der Waals surface area contributed by atoms with Crippen molar-refractivity contribution >= 4 is 27.3 Å². The van der Waals surface area contributed by atoms with E-state index in [1.807, 2.05) is 29.1 Å². The number of carbonyl (C=O) groups is 1. The Kier molecular flexibility index (Phi) is 7.87. The van der Waals surface area contributed by atoms with E-state index in [2.05, 4.69) is 0 Å². The first kappa shape index (κ1) is 24.5. The number of nitrogens with two attached hydrogens (primary N) is 1. The van der Waals surface area contributed by atoms with Crippen molar-refractivity contribution in [1.82, 2.24) is 4.90 Å². The molecule has 184 valence electrons. The minimum atomic E-state index is -3.96. The van der Waals surface area contributed by atoms with E-state index in [0.717, 1.165) is 19.3 Å². The van der Waals surface area contributed by atoms with Gasteiger partial charge in [0, 0.05) is 37.0 Å². The van der Waals surface area contributed by atoms with Gasteiger partial charge in [-0.05, 0) is 43.5 Å². The lowest BCUT2D eigenvalue weighted by Crippen LogP contribution is -2.44. The number of nitrogen functional groups attached to an aromatic ring is 1. The fourth-order valence-electron chi connectivity index (χ4n) is 4.02. The molecule has 1 amide bonds. The Bertz CT molecular complexity index is 1230. The summed E-state index contributed by atoms with van der Waals surface area (Å²) < 4.78 is 36.2. The lowest BCUT2D eigenvalue weighted by molar-refractivity contribution is -0.697. The number of hydrogen-bond acceptors (Lipinski definition) is 5. The van der Waals surface area contributed by atoms with Crippen molar-refractivity contribution in [2.24, 2.45) is 0 Å². The van der Waals surface area contributed by atoms with Crippen molar-refractivity contribution in [2.75, 3.05) is 36.3 Å². The lowest BCUT2D eigenvalue weighted by Gasteiger charge is -2.30. The molecular formula is C26H31N4O4S+. The second-order valence-corrected chi connectivity index (χ2v) is 10.3. The van der Waals surface area contributed by atoms with Gasteiger partial charge >= 0.3 is 0 Å². The van der Waals surface area contributed by atoms with Crippen LogP contribution in [0, 0.1) is 0 Å². The molecule has 0 radical (unpaired) electrons. The monoisotopic (exact) mass is 495 g/mol. The molecule has 8 nitrogen and oxygen atoms in total. The molecule has 2 N–H and O–H groups in total. The zero-order chi connectivity index (χ0) is 24.7. The molecule has 9 heteroatoms. The predicted molar refractivity (Wildman–Crippen MR) is 134 cm³/mol. The second kappa shape index (κ2) is 11.2. The van der Waals surface area contributed by atoms with Gasteiger partial charge in [0.05, 0.1) is 10.6 Å². The van der Waals surface area contributed by atoms with Crippen molar-refractivity contribution in [3.8, 4) is 5.75 Å². The van der Waals surface area contributed by atoms with Crippen molar-refractivity contribution in [3.05, 3.63) is 79.1 Å². The highest BCUT2D eigenvalue weighted by atomic mass is 32.2. The predicted octanol–water partition coefficient (Wildman–Crippen LogP) is 2.84. The van der Waals surface area contributed by atoms with Gasteiger partial charge in [-0.2, -0.15) is 0 Å². The Morgan fingerprint density at radius 2 is 1.69 bits per heavy atom. The highest BCUT2D eigenvalue weighted by Gasteiger charge is 2.29. The molecule has 2 aromatic carbocycles. The molecule has 0 unspecified atom stereocenters. The van der Waals surface area contributed by atoms with Crippen molar-refractivity contribution in [1.29, 1.82) is 0 Å². The van der Waals surface area contributed by atoms with E-state index in [1.165, 1.54) is 16.4 Å². The molecule has 1 aliphatic rings. The van der Waals surface area contributed by atoms with Crippen molar-refractivity contribution in [2.45, 2.75) is 30.7 Å². The van der Waals surface area contributed by atoms with Crippen LogP contribution in [0.5, 0.6) is 5.75 Å². The highest BCUT2D eigenvalue weighted by molar-refractivity contribution is 7.92. The molecule has 0 spiro atoms. The smallest absolute Gasteiger partial charge is 0.264 e. The molecular weight excluding hydrogens is 464 g/mol. The summed E-state index contributed by atoms with van der Waals surface area (Å²) in [6, 6.07) is 18.7. The third-order valence-corrected chi connectivity index (χ3v) is 7.75. The maximum atomic E-state index is 13.6. The maximum absolute atomic E-state index is 13.6. The van der Waals surface area contributed by atoms with E-state index in [-0.39, 0.29) is 17.3 Å². The molecule has 0 saturated carbocycles. The van der Waals surface area contributed by atoms with Crippen LogP contribution in [0.3, 0.4) is 0 Å². The van der Waals surface area contributed by atoms with Crippen LogP contribution >= 0.6 is 0 Å². The summed E-state index contributed by atoms with van der Waals surface area (Å²) in [4.78, 5) is 15.0. The topological polar surface area (TPSA) is 96.8 Å². The number of nitrogens with zero attached hydrogens (tertiary/aromatic N) is 3. The quantitative estimate of drug-likeness (QED) is 0.461. The standard InChI is InChI=1S/C26H30N4O4S/c27-22-12-16-28(17-13-22)18-19-34-24-9-7-8-23(20-24)30(21-26(31)29-14-5-2-6-15-29)35(32,33)25-10-3-1-4-11-25/h1,3-4,7-13,16-17,20,27H,2,5-6,14-15,18-19,21H2/p+1. The van der Waals surface area contributed by atoms with Crippen LogP contribution < -0.4 is 19.3 Å². The van der Waals surface area contributed by atoms with Crippen LogP contribution in [-0.4, -0.2) is 45.5 Å². The first-order valence-corrected chi connectivity index (χ1v) is 13.2. The van der Waals surface area contributed by atoms with Crippen LogP contribution in [0.25, 0.3) is 0 Å². The number of carbonyl (C=O) groups excluding carboxylic acids is 1. The number of sulfonamides is 1. The van der Waals surface area contributed by atoms with Crippen LogP contribution in [0.2, 0.25) is 0 Å². The summed E-state index contributed by atoms with van der Waals surface area (Å²) >= 11 is 0. The number of anilines is 2. The number of piperidine rings is 1. The number of likely N-dealkylation sites (tertiary alicyclic amines) is 1. The fraction of sp³-hybridized carbons (Fsp3) is 0.308. The zero-order valence-electron chi connectivity index (χ0n) is 19.6. The van der Waals surface area contributed by atoms with Gasteiger partial charge < -0.3 is 15.4 Å². The van der Waals surface area contributed by atoms with Gasteiger partial charge in [-0.1, -0.05) is 24.3 Å². The van der Waals surface area contributed by atoms with Crippen LogP contribution in [0.4, 0.5) is 11.4 Å². The molecule has 1 saturated heterocycles. The zero-order valence-corrected chi connectivity index (χ0v) is 20.4. The molecule has 4 rings (SSSR count). The minimum absolute atomic E-state index is 0.137. The average Bonchev–Trinajstić information content (AvgIpc) is 2.89. The molecule has 0 bridgehead atoms. The maximum Gasteiger partial charge on any atom is 0.264 e. The van der Waals surface area contributed by atoms with Gasteiger partial charge in [0.2, 0.25) is 5.91 Å². The first-order valence-electron chi connectivity index (χ1n) is 11.8. The Morgan fingerprint density at radius 1 is 0.971 bits per heavy atom. The second-order valence-electron chi connectivity index (χ2n) is 8.48. The summed E-state index contributed by atoms with van der Waals surface area (Å²) in [5.74, 6) is 0.326. The normalized spacial score (nSPS) is 13.9. The highest BCUT2D eigenvalue weighted by Crippen LogP contribution is 2.27. The summed E-state index contributed by atoms with van der Waals surface area (Å²) in [7, 11) is -3.96. The largest absolute Gasteiger partial charge is 0.487 e. The Labute approximate surface area is 206 Å². The van der Waals surface area contributed by atoms with Gasteiger partial charge in [-0.3, -0.25) is 9.10 Å². The van der Waals surface area contributed by atoms with E-state index in [9.17, 15) is 13.2 Å².